The lowest BCUT2D eigenvalue weighted by molar-refractivity contribution is -0.123. The number of amides is 1. The number of piperidine rings is 1. The molecule has 7 heteroatoms. The van der Waals surface area contributed by atoms with Crippen LogP contribution < -0.4 is 11.5 Å². The number of nitrogens with two attached hydrogens (primary N) is 2. The van der Waals surface area contributed by atoms with Gasteiger partial charge in [0.15, 0.2) is 0 Å². The van der Waals surface area contributed by atoms with E-state index in [1.807, 2.05) is 6.92 Å². The van der Waals surface area contributed by atoms with Crippen molar-refractivity contribution in [2.24, 2.45) is 17.4 Å². The molecule has 1 heterocycles. The van der Waals surface area contributed by atoms with Crippen LogP contribution in [0.4, 0.5) is 0 Å². The molecule has 0 aromatic heterocycles. The fourth-order valence-electron chi connectivity index (χ4n) is 2.08. The van der Waals surface area contributed by atoms with E-state index in [1.54, 1.807) is 0 Å². The summed E-state index contributed by atoms with van der Waals surface area (Å²) in [6.07, 6.45) is 1.78. The third-order valence-electron chi connectivity index (χ3n) is 3.19. The maximum Gasteiger partial charge on any atom is 0.221 e. The molecule has 1 rings (SSSR count). The average Bonchev–Trinajstić information content (AvgIpc) is 2.26. The van der Waals surface area contributed by atoms with Crippen molar-refractivity contribution >= 4 is 15.9 Å². The Morgan fingerprint density at radius 1 is 1.41 bits per heavy atom. The zero-order valence-electron chi connectivity index (χ0n) is 10.1. The molecular formula is C10H21N3O3S. The highest BCUT2D eigenvalue weighted by molar-refractivity contribution is 7.89. The summed E-state index contributed by atoms with van der Waals surface area (Å²) < 4.78 is 25.5. The molecule has 0 saturated carbocycles. The Bertz CT molecular complexity index is 369. The first-order chi connectivity index (χ1) is 7.88. The molecule has 0 aromatic carbocycles. The molecule has 17 heavy (non-hydrogen) atoms. The smallest absolute Gasteiger partial charge is 0.221 e. The largest absolute Gasteiger partial charge is 0.369 e. The molecule has 2 atom stereocenters. The van der Waals surface area contributed by atoms with Gasteiger partial charge in [0.2, 0.25) is 15.9 Å². The normalized spacial score (nSPS) is 26.9. The number of primary amides is 1. The Hall–Kier alpha value is -0.660. The van der Waals surface area contributed by atoms with E-state index in [4.69, 9.17) is 11.5 Å². The molecule has 1 aliphatic heterocycles. The molecule has 0 aromatic rings. The van der Waals surface area contributed by atoms with Crippen LogP contribution in [0.1, 0.15) is 26.2 Å². The number of hydrogen-bond acceptors (Lipinski definition) is 4. The molecule has 100 valence electrons. The second kappa shape index (κ2) is 5.79. The predicted molar refractivity (Wildman–Crippen MR) is 65.5 cm³/mol. The van der Waals surface area contributed by atoms with Gasteiger partial charge in [0.05, 0.1) is 11.7 Å². The van der Waals surface area contributed by atoms with E-state index in [9.17, 15) is 13.2 Å². The Balaban J connectivity index is 2.76. The summed E-state index contributed by atoms with van der Waals surface area (Å²) in [5.74, 6) is -0.742. The van der Waals surface area contributed by atoms with Gasteiger partial charge in [-0.15, -0.1) is 0 Å². The quantitative estimate of drug-likeness (QED) is 0.680. The van der Waals surface area contributed by atoms with Crippen LogP contribution in [0, 0.1) is 5.92 Å². The number of rotatable bonds is 5. The zero-order valence-corrected chi connectivity index (χ0v) is 10.9. The van der Waals surface area contributed by atoms with Crippen LogP contribution in [0.15, 0.2) is 0 Å². The van der Waals surface area contributed by atoms with Gasteiger partial charge >= 0.3 is 0 Å². The Morgan fingerprint density at radius 3 is 2.59 bits per heavy atom. The molecule has 1 amide bonds. The van der Waals surface area contributed by atoms with Crippen molar-refractivity contribution in [2.45, 2.75) is 32.2 Å². The number of nitrogens with zero attached hydrogens (tertiary/aromatic N) is 1. The highest BCUT2D eigenvalue weighted by Gasteiger charge is 2.35. The summed E-state index contributed by atoms with van der Waals surface area (Å²) in [6.45, 7) is 2.42. The standard InChI is InChI=1S/C10H21N3O3S/c1-8-3-4-9(10(12)14)7-13(8)17(15,16)6-2-5-11/h8-9H,2-7,11H2,1H3,(H2,12,14). The van der Waals surface area contributed by atoms with Gasteiger partial charge in [-0.05, 0) is 32.7 Å². The third kappa shape index (κ3) is 3.65. The number of sulfonamides is 1. The van der Waals surface area contributed by atoms with Gasteiger partial charge in [0.25, 0.3) is 0 Å². The Kier molecular flexibility index (Phi) is 4.91. The molecule has 2 unspecified atom stereocenters. The van der Waals surface area contributed by atoms with Crippen LogP contribution in [0.25, 0.3) is 0 Å². The zero-order chi connectivity index (χ0) is 13.1. The average molecular weight is 263 g/mol. The van der Waals surface area contributed by atoms with Gasteiger partial charge in [-0.25, -0.2) is 8.42 Å². The van der Waals surface area contributed by atoms with Crippen molar-refractivity contribution in [2.75, 3.05) is 18.8 Å². The lowest BCUT2D eigenvalue weighted by Gasteiger charge is -2.35. The number of hydrogen-bond donors (Lipinski definition) is 2. The molecular weight excluding hydrogens is 242 g/mol. The Labute approximate surface area is 102 Å². The molecule has 0 aliphatic carbocycles. The first-order valence-corrected chi connectivity index (χ1v) is 7.48. The molecule has 0 spiro atoms. The van der Waals surface area contributed by atoms with Crippen molar-refractivity contribution < 1.29 is 13.2 Å². The molecule has 0 radical (unpaired) electrons. The number of carbonyl (C=O) groups is 1. The minimum absolute atomic E-state index is 0.0410. The van der Waals surface area contributed by atoms with E-state index in [0.29, 0.717) is 25.8 Å². The van der Waals surface area contributed by atoms with Crippen LogP contribution in [0.3, 0.4) is 0 Å². The highest BCUT2D eigenvalue weighted by atomic mass is 32.2. The maximum absolute atomic E-state index is 12.0. The van der Waals surface area contributed by atoms with Crippen LogP contribution in [0.2, 0.25) is 0 Å². The van der Waals surface area contributed by atoms with Gasteiger partial charge in [0.1, 0.15) is 0 Å². The fourth-order valence-corrected chi connectivity index (χ4v) is 3.90. The van der Waals surface area contributed by atoms with Crippen LogP contribution in [-0.2, 0) is 14.8 Å². The van der Waals surface area contributed by atoms with E-state index >= 15 is 0 Å². The van der Waals surface area contributed by atoms with E-state index in [1.165, 1.54) is 4.31 Å². The second-order valence-corrected chi connectivity index (χ2v) is 6.59. The van der Waals surface area contributed by atoms with E-state index in [0.717, 1.165) is 0 Å². The van der Waals surface area contributed by atoms with Crippen molar-refractivity contribution in [3.05, 3.63) is 0 Å². The first-order valence-electron chi connectivity index (χ1n) is 5.87. The maximum atomic E-state index is 12.0. The van der Waals surface area contributed by atoms with Crippen LogP contribution in [-0.4, -0.2) is 43.5 Å². The minimum Gasteiger partial charge on any atom is -0.369 e. The van der Waals surface area contributed by atoms with Gasteiger partial charge < -0.3 is 11.5 Å². The molecule has 1 fully saturated rings. The van der Waals surface area contributed by atoms with Crippen LogP contribution in [0.5, 0.6) is 0 Å². The lowest BCUT2D eigenvalue weighted by Crippen LogP contribution is -2.49. The highest BCUT2D eigenvalue weighted by Crippen LogP contribution is 2.24. The summed E-state index contributed by atoms with van der Waals surface area (Å²) in [7, 11) is -3.32. The summed E-state index contributed by atoms with van der Waals surface area (Å²) in [5.41, 5.74) is 10.6. The predicted octanol–water partition coefficient (Wildman–Crippen LogP) is -0.749. The molecule has 1 saturated heterocycles. The molecule has 1 aliphatic rings. The second-order valence-electron chi connectivity index (χ2n) is 4.55. The topological polar surface area (TPSA) is 106 Å². The minimum atomic E-state index is -3.32. The molecule has 6 nitrogen and oxygen atoms in total. The van der Waals surface area contributed by atoms with E-state index in [-0.39, 0.29) is 24.3 Å². The van der Waals surface area contributed by atoms with Crippen molar-refractivity contribution in [3.63, 3.8) is 0 Å². The summed E-state index contributed by atoms with van der Waals surface area (Å²) in [5, 5.41) is 0. The number of carbonyl (C=O) groups excluding carboxylic acids is 1. The molecule has 4 N–H and O–H groups in total. The summed E-state index contributed by atoms with van der Waals surface area (Å²) in [6, 6.07) is -0.0617. The molecule has 0 bridgehead atoms. The summed E-state index contributed by atoms with van der Waals surface area (Å²) in [4.78, 5) is 11.1. The van der Waals surface area contributed by atoms with Gasteiger partial charge in [0, 0.05) is 12.6 Å². The van der Waals surface area contributed by atoms with E-state index < -0.39 is 15.9 Å². The Morgan fingerprint density at radius 2 is 2.06 bits per heavy atom. The van der Waals surface area contributed by atoms with E-state index in [2.05, 4.69) is 0 Å². The first kappa shape index (κ1) is 14.4. The van der Waals surface area contributed by atoms with Gasteiger partial charge in [-0.2, -0.15) is 4.31 Å². The lowest BCUT2D eigenvalue weighted by atomic mass is 9.95. The van der Waals surface area contributed by atoms with Crippen molar-refractivity contribution in [1.29, 1.82) is 0 Å². The van der Waals surface area contributed by atoms with Gasteiger partial charge in [-0.3, -0.25) is 4.79 Å². The SMILES string of the molecule is CC1CCC(C(N)=O)CN1S(=O)(=O)CCCN. The van der Waals surface area contributed by atoms with Crippen molar-refractivity contribution in [1.82, 2.24) is 4.31 Å². The summed E-state index contributed by atoms with van der Waals surface area (Å²) >= 11 is 0. The fraction of sp³-hybridized carbons (Fsp3) is 0.900. The van der Waals surface area contributed by atoms with Crippen molar-refractivity contribution in [3.8, 4) is 0 Å². The van der Waals surface area contributed by atoms with Crippen LogP contribution >= 0.6 is 0 Å². The third-order valence-corrected chi connectivity index (χ3v) is 5.22. The monoisotopic (exact) mass is 263 g/mol. The van der Waals surface area contributed by atoms with Gasteiger partial charge in [-0.1, -0.05) is 0 Å².